The van der Waals surface area contributed by atoms with Gasteiger partial charge in [0, 0.05) is 12.0 Å². The highest BCUT2D eigenvalue weighted by atomic mass is 16.6. The van der Waals surface area contributed by atoms with Crippen LogP contribution in [0.4, 0.5) is 0 Å². The lowest BCUT2D eigenvalue weighted by Gasteiger charge is -2.08. The molecular weight excluding hydrogens is 171 g/mol. The van der Waals surface area contributed by atoms with Gasteiger partial charge in [-0.05, 0) is 6.07 Å². The summed E-state index contributed by atoms with van der Waals surface area (Å²) < 4.78 is 10.0. The number of rotatable bonds is 2. The normalized spacial score (nSPS) is 13.4. The second-order valence-electron chi connectivity index (χ2n) is 2.79. The first kappa shape index (κ1) is 8.41. The molecule has 13 heavy (non-hydrogen) atoms. The first-order valence-corrected chi connectivity index (χ1v) is 4.05. The summed E-state index contributed by atoms with van der Waals surface area (Å²) >= 11 is 0. The van der Waals surface area contributed by atoms with E-state index in [1.165, 1.54) is 0 Å². The summed E-state index contributed by atoms with van der Waals surface area (Å²) in [5.74, 6) is 1.00. The summed E-state index contributed by atoms with van der Waals surface area (Å²) in [5.41, 5.74) is 1.04. The van der Waals surface area contributed by atoms with Crippen LogP contribution in [0.25, 0.3) is 0 Å². The lowest BCUT2D eigenvalue weighted by atomic mass is 10.1. The summed E-state index contributed by atoms with van der Waals surface area (Å²) in [4.78, 5) is 0. The molecule has 4 nitrogen and oxygen atoms in total. The van der Waals surface area contributed by atoms with Gasteiger partial charge in [-0.3, -0.25) is 0 Å². The molecule has 0 bridgehead atoms. The third-order valence-electron chi connectivity index (χ3n) is 1.91. The smallest absolute Gasteiger partial charge is 0.509 e. The van der Waals surface area contributed by atoms with Crippen molar-refractivity contribution in [3.8, 4) is 11.5 Å². The molecule has 1 aromatic rings. The maximum Gasteiger partial charge on any atom is 0.707 e. The Labute approximate surface area is 75.9 Å². The van der Waals surface area contributed by atoms with E-state index in [2.05, 4.69) is 0 Å². The summed E-state index contributed by atoms with van der Waals surface area (Å²) in [6.07, 6.45) is 0.841. The van der Waals surface area contributed by atoms with Crippen LogP contribution < -0.4 is 9.39 Å². The highest BCUT2D eigenvalue weighted by molar-refractivity contribution is 6.33. The molecule has 0 amide bonds. The zero-order chi connectivity index (χ0) is 9.26. The van der Waals surface area contributed by atoms with Gasteiger partial charge in [-0.25, -0.2) is 0 Å². The largest absolute Gasteiger partial charge is 0.707 e. The van der Waals surface area contributed by atoms with Crippen LogP contribution in [0, 0.1) is 0 Å². The van der Waals surface area contributed by atoms with Crippen LogP contribution in [0.2, 0.25) is 0 Å². The van der Waals surface area contributed by atoms with Crippen LogP contribution >= 0.6 is 0 Å². The molecule has 2 rings (SSSR count). The highest BCUT2D eigenvalue weighted by Gasteiger charge is 2.20. The Morgan fingerprint density at radius 1 is 1.38 bits per heavy atom. The van der Waals surface area contributed by atoms with Crippen molar-refractivity contribution in [1.29, 1.82) is 0 Å². The maximum absolute atomic E-state index is 8.61. The van der Waals surface area contributed by atoms with Crippen molar-refractivity contribution in [3.63, 3.8) is 0 Å². The SMILES string of the molecule is OB(O)Oc1cccc2c1OCC2. The number of fused-ring (bicyclic) bond motifs is 1. The Bertz CT molecular complexity index is 313. The van der Waals surface area contributed by atoms with Crippen molar-refractivity contribution >= 4 is 7.32 Å². The molecule has 0 aliphatic carbocycles. The van der Waals surface area contributed by atoms with Crippen molar-refractivity contribution < 1.29 is 19.4 Å². The van der Waals surface area contributed by atoms with Gasteiger partial charge >= 0.3 is 7.32 Å². The molecule has 0 aromatic heterocycles. The fourth-order valence-corrected chi connectivity index (χ4v) is 1.39. The van der Waals surface area contributed by atoms with Crippen LogP contribution in [0.15, 0.2) is 18.2 Å². The Balaban J connectivity index is 2.30. The molecule has 0 radical (unpaired) electrons. The average molecular weight is 180 g/mol. The number of hydrogen-bond acceptors (Lipinski definition) is 4. The minimum absolute atomic E-state index is 0.380. The Morgan fingerprint density at radius 2 is 2.23 bits per heavy atom. The van der Waals surface area contributed by atoms with Gasteiger partial charge < -0.3 is 19.4 Å². The quantitative estimate of drug-likeness (QED) is 0.627. The van der Waals surface area contributed by atoms with Crippen LogP contribution in [0.5, 0.6) is 11.5 Å². The molecular formula is C8H9BO4. The molecule has 0 saturated heterocycles. The number of ether oxygens (including phenoxy) is 1. The van der Waals surface area contributed by atoms with Crippen molar-refractivity contribution in [2.45, 2.75) is 6.42 Å². The predicted octanol–water partition coefficient (Wildman–Crippen LogP) is -0.0302. The van der Waals surface area contributed by atoms with Gasteiger partial charge in [0.15, 0.2) is 5.75 Å². The first-order valence-electron chi connectivity index (χ1n) is 4.05. The minimum atomic E-state index is -1.80. The predicted molar refractivity (Wildman–Crippen MR) is 46.5 cm³/mol. The molecule has 1 aromatic carbocycles. The Hall–Kier alpha value is -1.20. The van der Waals surface area contributed by atoms with Crippen LogP contribution in [-0.4, -0.2) is 24.0 Å². The van der Waals surface area contributed by atoms with Crippen molar-refractivity contribution in [1.82, 2.24) is 0 Å². The minimum Gasteiger partial charge on any atom is -0.509 e. The van der Waals surface area contributed by atoms with Gasteiger partial charge in [0.1, 0.15) is 5.75 Å². The van der Waals surface area contributed by atoms with Crippen LogP contribution in [0.1, 0.15) is 5.56 Å². The van der Waals surface area contributed by atoms with Crippen molar-refractivity contribution in [3.05, 3.63) is 23.8 Å². The van der Waals surface area contributed by atoms with E-state index >= 15 is 0 Å². The Morgan fingerprint density at radius 3 is 3.00 bits per heavy atom. The fraction of sp³-hybridized carbons (Fsp3) is 0.250. The molecule has 0 unspecified atom stereocenters. The molecule has 0 atom stereocenters. The lowest BCUT2D eigenvalue weighted by Crippen LogP contribution is -2.20. The lowest BCUT2D eigenvalue weighted by molar-refractivity contribution is 0.276. The summed E-state index contributed by atoms with van der Waals surface area (Å²) in [7, 11) is -1.80. The molecule has 0 fully saturated rings. The summed E-state index contributed by atoms with van der Waals surface area (Å²) in [6, 6.07) is 5.37. The average Bonchev–Trinajstić information content (AvgIpc) is 2.51. The van der Waals surface area contributed by atoms with Crippen LogP contribution in [0.3, 0.4) is 0 Å². The second-order valence-corrected chi connectivity index (χ2v) is 2.79. The second kappa shape index (κ2) is 3.28. The van der Waals surface area contributed by atoms with Gasteiger partial charge in [0.05, 0.1) is 6.61 Å². The van der Waals surface area contributed by atoms with Gasteiger partial charge in [-0.2, -0.15) is 0 Å². The van der Waals surface area contributed by atoms with E-state index in [1.807, 2.05) is 6.07 Å². The summed E-state index contributed by atoms with van der Waals surface area (Å²) in [6.45, 7) is 0.622. The monoisotopic (exact) mass is 180 g/mol. The maximum atomic E-state index is 8.61. The molecule has 5 heteroatoms. The topological polar surface area (TPSA) is 58.9 Å². The zero-order valence-electron chi connectivity index (χ0n) is 6.93. The summed E-state index contributed by atoms with van der Waals surface area (Å²) in [5, 5.41) is 17.2. The van der Waals surface area contributed by atoms with E-state index in [9.17, 15) is 0 Å². The number of benzene rings is 1. The number of hydrogen-bond donors (Lipinski definition) is 2. The Kier molecular flexibility index (Phi) is 2.12. The number of para-hydroxylation sites is 1. The fourth-order valence-electron chi connectivity index (χ4n) is 1.39. The molecule has 1 heterocycles. The molecule has 1 aliphatic heterocycles. The highest BCUT2D eigenvalue weighted by Crippen LogP contribution is 2.35. The van der Waals surface area contributed by atoms with Gasteiger partial charge in [-0.1, -0.05) is 12.1 Å². The molecule has 0 spiro atoms. The van der Waals surface area contributed by atoms with E-state index in [0.29, 0.717) is 18.1 Å². The molecule has 0 saturated carbocycles. The van der Waals surface area contributed by atoms with E-state index in [1.54, 1.807) is 12.1 Å². The standard InChI is InChI=1S/C8H9BO4/c10-9(11)13-7-3-1-2-6-4-5-12-8(6)7/h1-3,10-11H,4-5H2. The van der Waals surface area contributed by atoms with E-state index in [0.717, 1.165) is 12.0 Å². The molecule has 2 N–H and O–H groups in total. The molecule has 1 aliphatic rings. The van der Waals surface area contributed by atoms with Crippen LogP contribution in [-0.2, 0) is 6.42 Å². The van der Waals surface area contributed by atoms with Gasteiger partial charge in [0.25, 0.3) is 0 Å². The van der Waals surface area contributed by atoms with Crippen molar-refractivity contribution in [2.24, 2.45) is 0 Å². The van der Waals surface area contributed by atoms with E-state index < -0.39 is 7.32 Å². The van der Waals surface area contributed by atoms with E-state index in [4.69, 9.17) is 19.4 Å². The zero-order valence-corrected chi connectivity index (χ0v) is 6.93. The third-order valence-corrected chi connectivity index (χ3v) is 1.91. The molecule has 68 valence electrons. The van der Waals surface area contributed by atoms with Crippen molar-refractivity contribution in [2.75, 3.05) is 6.61 Å². The van der Waals surface area contributed by atoms with Gasteiger partial charge in [-0.15, -0.1) is 0 Å². The first-order chi connectivity index (χ1) is 6.27. The third kappa shape index (κ3) is 1.61. The van der Waals surface area contributed by atoms with E-state index in [-0.39, 0.29) is 0 Å². The van der Waals surface area contributed by atoms with Gasteiger partial charge in [0.2, 0.25) is 0 Å².